The molecule has 7 nitrogen and oxygen atoms in total. The van der Waals surface area contributed by atoms with Crippen molar-refractivity contribution in [1.29, 1.82) is 0 Å². The number of carbonyl (C=O) groups excluding carboxylic acids is 1. The third-order valence-corrected chi connectivity index (χ3v) is 9.23. The standard InChI is InChI=1S/C23H25FN4O3S2/c24-17-7-9-18(10-8-17)33(30,31)28-11-3-5-20(28)23(29)27-14-12-26(13-15-27)16-22-25-19-4-1-2-6-21(19)32-22/h1-2,4,6-10,20H,3,5,11-16H2/t20-/m1/s1. The number of rotatable bonds is 5. The van der Waals surface area contributed by atoms with Crippen molar-refractivity contribution in [3.8, 4) is 0 Å². The number of sulfonamides is 1. The normalized spacial score (nSPS) is 20.5. The summed E-state index contributed by atoms with van der Waals surface area (Å²) in [6.45, 7) is 3.61. The summed E-state index contributed by atoms with van der Waals surface area (Å²) in [4.78, 5) is 22.0. The van der Waals surface area contributed by atoms with Crippen LogP contribution in [0.3, 0.4) is 0 Å². The lowest BCUT2D eigenvalue weighted by atomic mass is 10.2. The average Bonchev–Trinajstić information content (AvgIpc) is 3.47. The third-order valence-electron chi connectivity index (χ3n) is 6.29. The van der Waals surface area contributed by atoms with Crippen molar-refractivity contribution in [1.82, 2.24) is 19.1 Å². The number of hydrogen-bond donors (Lipinski definition) is 0. The molecule has 2 aromatic carbocycles. The van der Waals surface area contributed by atoms with Crippen molar-refractivity contribution in [2.45, 2.75) is 30.3 Å². The molecule has 174 valence electrons. The van der Waals surface area contributed by atoms with Gasteiger partial charge in [-0.05, 0) is 49.2 Å². The monoisotopic (exact) mass is 488 g/mol. The van der Waals surface area contributed by atoms with Crippen molar-refractivity contribution in [3.05, 3.63) is 59.4 Å². The summed E-state index contributed by atoms with van der Waals surface area (Å²) in [6.07, 6.45) is 1.14. The van der Waals surface area contributed by atoms with Crippen molar-refractivity contribution >= 4 is 37.5 Å². The molecule has 0 aliphatic carbocycles. The molecule has 0 N–H and O–H groups in total. The molecule has 2 aliphatic heterocycles. The largest absolute Gasteiger partial charge is 0.339 e. The molecular weight excluding hydrogens is 463 g/mol. The van der Waals surface area contributed by atoms with Crippen LogP contribution >= 0.6 is 11.3 Å². The second kappa shape index (κ2) is 9.09. The van der Waals surface area contributed by atoms with Crippen molar-refractivity contribution in [3.63, 3.8) is 0 Å². The number of piperazine rings is 1. The molecule has 1 aromatic heterocycles. The number of thiazole rings is 1. The van der Waals surface area contributed by atoms with Crippen LogP contribution in [0.15, 0.2) is 53.4 Å². The SMILES string of the molecule is O=C([C@H]1CCCN1S(=O)(=O)c1ccc(F)cc1)N1CCN(Cc2nc3ccccc3s2)CC1. The van der Waals surface area contributed by atoms with E-state index < -0.39 is 21.9 Å². The van der Waals surface area contributed by atoms with Crippen LogP contribution in [-0.2, 0) is 21.4 Å². The van der Waals surface area contributed by atoms with Gasteiger partial charge in [-0.2, -0.15) is 4.31 Å². The molecule has 2 aliphatic rings. The molecule has 3 heterocycles. The van der Waals surface area contributed by atoms with Gasteiger partial charge in [-0.25, -0.2) is 17.8 Å². The second-order valence-corrected chi connectivity index (χ2v) is 11.4. The molecule has 0 spiro atoms. The first-order chi connectivity index (χ1) is 15.9. The van der Waals surface area contributed by atoms with E-state index >= 15 is 0 Å². The number of hydrogen-bond acceptors (Lipinski definition) is 6. The van der Waals surface area contributed by atoms with Gasteiger partial charge in [-0.1, -0.05) is 12.1 Å². The predicted octanol–water partition coefficient (Wildman–Crippen LogP) is 2.93. The van der Waals surface area contributed by atoms with Gasteiger partial charge in [0.2, 0.25) is 15.9 Å². The Morgan fingerprint density at radius 3 is 2.48 bits per heavy atom. The van der Waals surface area contributed by atoms with Crippen LogP contribution in [-0.4, -0.2) is 72.2 Å². The summed E-state index contributed by atoms with van der Waals surface area (Å²) in [5, 5.41) is 1.06. The molecule has 1 atom stereocenters. The van der Waals surface area contributed by atoms with Gasteiger partial charge in [0.15, 0.2) is 0 Å². The highest BCUT2D eigenvalue weighted by atomic mass is 32.2. The van der Waals surface area contributed by atoms with Gasteiger partial charge >= 0.3 is 0 Å². The molecule has 2 fully saturated rings. The molecule has 0 bridgehead atoms. The molecule has 0 saturated carbocycles. The zero-order valence-electron chi connectivity index (χ0n) is 18.1. The molecule has 0 radical (unpaired) electrons. The molecule has 2 saturated heterocycles. The molecule has 3 aromatic rings. The maximum absolute atomic E-state index is 13.3. The minimum absolute atomic E-state index is 0.0178. The van der Waals surface area contributed by atoms with Gasteiger partial charge in [0.1, 0.15) is 16.9 Å². The highest BCUT2D eigenvalue weighted by molar-refractivity contribution is 7.89. The summed E-state index contributed by atoms with van der Waals surface area (Å²) in [7, 11) is -3.85. The smallest absolute Gasteiger partial charge is 0.243 e. The average molecular weight is 489 g/mol. The Labute approximate surface area is 196 Å². The van der Waals surface area contributed by atoms with Gasteiger partial charge in [-0.3, -0.25) is 9.69 Å². The summed E-state index contributed by atoms with van der Waals surface area (Å²) in [6, 6.07) is 12.2. The van der Waals surface area contributed by atoms with Gasteiger partial charge in [-0.15, -0.1) is 11.3 Å². The fourth-order valence-corrected chi connectivity index (χ4v) is 7.19. The number of benzene rings is 2. The van der Waals surface area contributed by atoms with Gasteiger partial charge in [0.25, 0.3) is 0 Å². The number of para-hydroxylation sites is 1. The highest BCUT2D eigenvalue weighted by Crippen LogP contribution is 2.28. The van der Waals surface area contributed by atoms with Crippen molar-refractivity contribution < 1.29 is 17.6 Å². The maximum Gasteiger partial charge on any atom is 0.243 e. The predicted molar refractivity (Wildman–Crippen MR) is 125 cm³/mol. The second-order valence-electron chi connectivity index (χ2n) is 8.40. The molecule has 33 heavy (non-hydrogen) atoms. The van der Waals surface area contributed by atoms with Crippen LogP contribution in [0.25, 0.3) is 10.2 Å². The number of nitrogens with zero attached hydrogens (tertiary/aromatic N) is 4. The Hall–Kier alpha value is -2.40. The van der Waals surface area contributed by atoms with Crippen LogP contribution < -0.4 is 0 Å². The summed E-state index contributed by atoms with van der Waals surface area (Å²) in [5.41, 5.74) is 1.01. The fraction of sp³-hybridized carbons (Fsp3) is 0.391. The summed E-state index contributed by atoms with van der Waals surface area (Å²) < 4.78 is 41.9. The van der Waals surface area contributed by atoms with Crippen LogP contribution in [0.5, 0.6) is 0 Å². The lowest BCUT2D eigenvalue weighted by Gasteiger charge is -2.36. The minimum Gasteiger partial charge on any atom is -0.339 e. The van der Waals surface area contributed by atoms with E-state index in [0.29, 0.717) is 32.5 Å². The van der Waals surface area contributed by atoms with Crippen LogP contribution in [0, 0.1) is 5.82 Å². The molecule has 10 heteroatoms. The van der Waals surface area contributed by atoms with E-state index in [4.69, 9.17) is 4.98 Å². The first-order valence-electron chi connectivity index (χ1n) is 11.0. The van der Waals surface area contributed by atoms with E-state index in [1.54, 1.807) is 16.2 Å². The zero-order chi connectivity index (χ0) is 23.0. The lowest BCUT2D eigenvalue weighted by molar-refractivity contribution is -0.136. The first kappa shape index (κ1) is 22.4. The van der Waals surface area contributed by atoms with E-state index in [0.717, 1.165) is 42.3 Å². The Morgan fingerprint density at radius 2 is 1.76 bits per heavy atom. The number of carbonyl (C=O) groups is 1. The van der Waals surface area contributed by atoms with Gasteiger partial charge < -0.3 is 4.90 Å². The Balaban J connectivity index is 1.22. The van der Waals surface area contributed by atoms with Crippen LogP contribution in [0.1, 0.15) is 17.8 Å². The fourth-order valence-electron chi connectivity index (χ4n) is 4.53. The number of fused-ring (bicyclic) bond motifs is 1. The van der Waals surface area contributed by atoms with Crippen molar-refractivity contribution in [2.24, 2.45) is 0 Å². The van der Waals surface area contributed by atoms with E-state index in [9.17, 15) is 17.6 Å². The van der Waals surface area contributed by atoms with E-state index in [2.05, 4.69) is 11.0 Å². The quantitative estimate of drug-likeness (QED) is 0.552. The Bertz CT molecular complexity index is 1220. The van der Waals surface area contributed by atoms with Gasteiger partial charge in [0, 0.05) is 32.7 Å². The van der Waals surface area contributed by atoms with E-state index in [1.165, 1.54) is 21.1 Å². The first-order valence-corrected chi connectivity index (χ1v) is 13.3. The number of amides is 1. The van der Waals surface area contributed by atoms with Crippen molar-refractivity contribution in [2.75, 3.05) is 32.7 Å². The Kier molecular flexibility index (Phi) is 6.17. The van der Waals surface area contributed by atoms with Crippen LogP contribution in [0.2, 0.25) is 0 Å². The van der Waals surface area contributed by atoms with E-state index in [1.807, 2.05) is 18.2 Å². The summed E-state index contributed by atoms with van der Waals surface area (Å²) in [5.74, 6) is -0.635. The molecule has 1 amide bonds. The highest BCUT2D eigenvalue weighted by Gasteiger charge is 2.41. The van der Waals surface area contributed by atoms with Crippen LogP contribution in [0.4, 0.5) is 4.39 Å². The van der Waals surface area contributed by atoms with E-state index in [-0.39, 0.29) is 10.8 Å². The number of aromatic nitrogens is 1. The third kappa shape index (κ3) is 4.52. The Morgan fingerprint density at radius 1 is 1.03 bits per heavy atom. The minimum atomic E-state index is -3.85. The molecular formula is C23H25FN4O3S2. The lowest BCUT2D eigenvalue weighted by Crippen LogP contribution is -2.54. The molecule has 5 rings (SSSR count). The zero-order valence-corrected chi connectivity index (χ0v) is 19.7. The number of halogens is 1. The summed E-state index contributed by atoms with van der Waals surface area (Å²) >= 11 is 1.69. The topological polar surface area (TPSA) is 73.8 Å². The van der Waals surface area contributed by atoms with Gasteiger partial charge in [0.05, 0.1) is 21.7 Å². The molecule has 0 unspecified atom stereocenters. The maximum atomic E-state index is 13.3.